The Morgan fingerprint density at radius 1 is 1.30 bits per heavy atom. The summed E-state index contributed by atoms with van der Waals surface area (Å²) in [5.41, 5.74) is 0.544. The maximum absolute atomic E-state index is 12.1. The van der Waals surface area contributed by atoms with Crippen LogP contribution in [0.25, 0.3) is 0 Å². The first-order valence-electron chi connectivity index (χ1n) is 8.16. The van der Waals surface area contributed by atoms with Crippen LogP contribution in [0.4, 0.5) is 4.79 Å². The third-order valence-electron chi connectivity index (χ3n) is 3.50. The van der Waals surface area contributed by atoms with Crippen molar-refractivity contribution in [3.8, 4) is 0 Å². The molecule has 1 aromatic carbocycles. The van der Waals surface area contributed by atoms with E-state index in [1.54, 1.807) is 0 Å². The highest BCUT2D eigenvalue weighted by Crippen LogP contribution is 2.14. The van der Waals surface area contributed by atoms with Gasteiger partial charge in [-0.05, 0) is 26.3 Å². The molecule has 1 unspecified atom stereocenters. The van der Waals surface area contributed by atoms with Gasteiger partial charge in [-0.3, -0.25) is 10.6 Å². The average molecular weight is 320 g/mol. The molecule has 2 rings (SSSR count). The van der Waals surface area contributed by atoms with Crippen molar-refractivity contribution >= 4 is 6.09 Å². The van der Waals surface area contributed by atoms with Crippen LogP contribution in [0.1, 0.15) is 32.4 Å². The highest BCUT2D eigenvalue weighted by atomic mass is 16.6. The van der Waals surface area contributed by atoms with E-state index >= 15 is 0 Å². The molecule has 1 amide bonds. The minimum absolute atomic E-state index is 0.144. The lowest BCUT2D eigenvalue weighted by atomic mass is 10.1. The minimum Gasteiger partial charge on any atom is -0.444 e. The van der Waals surface area contributed by atoms with Gasteiger partial charge in [0, 0.05) is 26.2 Å². The van der Waals surface area contributed by atoms with Crippen molar-refractivity contribution in [2.24, 2.45) is 0 Å². The number of benzene rings is 1. The maximum Gasteiger partial charge on any atom is 0.408 e. The summed E-state index contributed by atoms with van der Waals surface area (Å²) in [7, 11) is 0. The Labute approximate surface area is 138 Å². The number of alkyl carbamates (subject to hydrolysis) is 1. The maximum atomic E-state index is 12.1. The van der Waals surface area contributed by atoms with E-state index in [2.05, 4.69) is 21.3 Å². The number of nitrogens with one attached hydrogen (secondary N) is 4. The molecule has 1 aliphatic rings. The third kappa shape index (κ3) is 6.56. The average Bonchev–Trinajstić information content (AvgIpc) is 2.51. The van der Waals surface area contributed by atoms with Crippen molar-refractivity contribution in [3.63, 3.8) is 0 Å². The number of amides is 1. The van der Waals surface area contributed by atoms with E-state index in [1.807, 2.05) is 51.1 Å². The third-order valence-corrected chi connectivity index (χ3v) is 3.50. The molecular weight excluding hydrogens is 292 g/mol. The molecule has 0 aromatic heterocycles. The summed E-state index contributed by atoms with van der Waals surface area (Å²) in [4.78, 5) is 12.1. The van der Waals surface area contributed by atoms with Gasteiger partial charge in [-0.1, -0.05) is 30.3 Å². The van der Waals surface area contributed by atoms with Crippen molar-refractivity contribution in [3.05, 3.63) is 35.9 Å². The Morgan fingerprint density at radius 2 is 2.04 bits per heavy atom. The molecule has 23 heavy (non-hydrogen) atoms. The smallest absolute Gasteiger partial charge is 0.408 e. The van der Waals surface area contributed by atoms with Crippen molar-refractivity contribution in [1.82, 2.24) is 21.3 Å². The van der Waals surface area contributed by atoms with E-state index < -0.39 is 11.7 Å². The van der Waals surface area contributed by atoms with Gasteiger partial charge in [-0.2, -0.15) is 0 Å². The molecule has 0 aliphatic carbocycles. The van der Waals surface area contributed by atoms with Crippen molar-refractivity contribution in [2.75, 3.05) is 26.2 Å². The van der Waals surface area contributed by atoms with Crippen LogP contribution in [-0.2, 0) is 4.74 Å². The molecule has 0 radical (unpaired) electrons. The van der Waals surface area contributed by atoms with E-state index in [-0.39, 0.29) is 12.2 Å². The summed E-state index contributed by atoms with van der Waals surface area (Å²) in [6.07, 6.45) is -0.196. The first kappa shape index (κ1) is 17.7. The Balaban J connectivity index is 1.96. The summed E-state index contributed by atoms with van der Waals surface area (Å²) < 4.78 is 5.38. The Morgan fingerprint density at radius 3 is 2.65 bits per heavy atom. The second-order valence-electron chi connectivity index (χ2n) is 6.73. The van der Waals surface area contributed by atoms with Crippen LogP contribution in [0, 0.1) is 0 Å². The zero-order chi connectivity index (χ0) is 16.7. The van der Waals surface area contributed by atoms with Crippen molar-refractivity contribution in [2.45, 2.75) is 38.6 Å². The van der Waals surface area contributed by atoms with Crippen LogP contribution < -0.4 is 21.3 Å². The minimum atomic E-state index is -0.506. The highest BCUT2D eigenvalue weighted by Gasteiger charge is 2.21. The zero-order valence-electron chi connectivity index (χ0n) is 14.2. The fraction of sp³-hybridized carbons (Fsp3) is 0.588. The van der Waals surface area contributed by atoms with Crippen LogP contribution in [0.3, 0.4) is 0 Å². The number of carbonyl (C=O) groups excluding carboxylic acids is 1. The van der Waals surface area contributed by atoms with Gasteiger partial charge in [-0.15, -0.1) is 0 Å². The molecule has 0 spiro atoms. The SMILES string of the molecule is CC(C)(C)OC(=O)NC(CN[C@H]1CNCCN1)c1ccccc1. The summed E-state index contributed by atoms with van der Waals surface area (Å²) in [6, 6.07) is 9.79. The van der Waals surface area contributed by atoms with E-state index in [4.69, 9.17) is 4.74 Å². The molecule has 4 N–H and O–H groups in total. The molecule has 128 valence electrons. The Bertz CT molecular complexity index is 481. The molecule has 0 saturated carbocycles. The number of hydrogen-bond acceptors (Lipinski definition) is 5. The molecule has 1 saturated heterocycles. The van der Waals surface area contributed by atoms with Gasteiger partial charge < -0.3 is 15.4 Å². The molecule has 1 heterocycles. The summed E-state index contributed by atoms with van der Waals surface area (Å²) >= 11 is 0. The monoisotopic (exact) mass is 320 g/mol. The Hall–Kier alpha value is -1.63. The van der Waals surface area contributed by atoms with Crippen LogP contribution >= 0.6 is 0 Å². The van der Waals surface area contributed by atoms with Crippen LogP contribution in [-0.4, -0.2) is 44.0 Å². The molecular formula is C17H28N4O2. The molecule has 6 heteroatoms. The second-order valence-corrected chi connectivity index (χ2v) is 6.73. The van der Waals surface area contributed by atoms with Crippen LogP contribution in [0.15, 0.2) is 30.3 Å². The summed E-state index contributed by atoms with van der Waals surface area (Å²) in [5.74, 6) is 0. The molecule has 2 atom stereocenters. The van der Waals surface area contributed by atoms with Gasteiger partial charge >= 0.3 is 6.09 Å². The molecule has 1 fully saturated rings. The normalized spacial score (nSPS) is 19.9. The predicted molar refractivity (Wildman–Crippen MR) is 91.2 cm³/mol. The van der Waals surface area contributed by atoms with Crippen molar-refractivity contribution < 1.29 is 9.53 Å². The van der Waals surface area contributed by atoms with E-state index in [0.29, 0.717) is 6.54 Å². The van der Waals surface area contributed by atoms with Gasteiger partial charge in [-0.25, -0.2) is 4.79 Å². The van der Waals surface area contributed by atoms with Crippen molar-refractivity contribution in [1.29, 1.82) is 0 Å². The van der Waals surface area contributed by atoms with Gasteiger partial charge in [0.2, 0.25) is 0 Å². The number of rotatable bonds is 5. The fourth-order valence-electron chi connectivity index (χ4n) is 2.45. The van der Waals surface area contributed by atoms with Crippen LogP contribution in [0.2, 0.25) is 0 Å². The second kappa shape index (κ2) is 8.29. The van der Waals surface area contributed by atoms with Gasteiger partial charge in [0.15, 0.2) is 0 Å². The Kier molecular flexibility index (Phi) is 6.38. The molecule has 0 bridgehead atoms. The molecule has 1 aromatic rings. The number of carbonyl (C=O) groups is 1. The predicted octanol–water partition coefficient (Wildman–Crippen LogP) is 1.36. The standard InChI is InChI=1S/C17H28N4O2/c1-17(2,3)23-16(22)21-14(13-7-5-4-6-8-13)11-20-15-12-18-9-10-19-15/h4-8,14-15,18-20H,9-12H2,1-3H3,(H,21,22)/t14?,15-/m0/s1. The van der Waals surface area contributed by atoms with Gasteiger partial charge in [0.05, 0.1) is 12.2 Å². The van der Waals surface area contributed by atoms with Crippen LogP contribution in [0.5, 0.6) is 0 Å². The first-order chi connectivity index (χ1) is 10.9. The molecule has 6 nitrogen and oxygen atoms in total. The fourth-order valence-corrected chi connectivity index (χ4v) is 2.45. The lowest BCUT2D eigenvalue weighted by Gasteiger charge is -2.29. The number of ether oxygens (including phenoxy) is 1. The van der Waals surface area contributed by atoms with Gasteiger partial charge in [0.1, 0.15) is 5.60 Å². The number of piperazine rings is 1. The summed E-state index contributed by atoms with van der Waals surface area (Å²) in [5, 5.41) is 13.1. The van der Waals surface area contributed by atoms with E-state index in [1.165, 1.54) is 0 Å². The quantitative estimate of drug-likeness (QED) is 0.659. The first-order valence-corrected chi connectivity index (χ1v) is 8.16. The zero-order valence-corrected chi connectivity index (χ0v) is 14.2. The topological polar surface area (TPSA) is 74.4 Å². The van der Waals surface area contributed by atoms with E-state index in [0.717, 1.165) is 25.2 Å². The number of hydrogen-bond donors (Lipinski definition) is 4. The largest absolute Gasteiger partial charge is 0.444 e. The summed E-state index contributed by atoms with van der Waals surface area (Å²) in [6.45, 7) is 9.00. The van der Waals surface area contributed by atoms with Gasteiger partial charge in [0.25, 0.3) is 0 Å². The highest BCUT2D eigenvalue weighted by molar-refractivity contribution is 5.68. The lowest BCUT2D eigenvalue weighted by molar-refractivity contribution is 0.0502. The lowest BCUT2D eigenvalue weighted by Crippen LogP contribution is -2.56. The van der Waals surface area contributed by atoms with E-state index in [9.17, 15) is 4.79 Å². The molecule has 1 aliphatic heterocycles.